The first-order valence-corrected chi connectivity index (χ1v) is 7.69. The Labute approximate surface area is 144 Å². The standard InChI is InChI=1S/C18H16FN5O/c1-2-24(16-5-3-4-15(19)7-16)18-22-10-14(11-23-18)12-6-13(17(20)25)9-21-8-12/h3-11H,2H2,1H3,(H2,20,25). The molecule has 3 aromatic rings. The van der Waals surface area contributed by atoms with Gasteiger partial charge in [-0.2, -0.15) is 0 Å². The van der Waals surface area contributed by atoms with E-state index >= 15 is 0 Å². The average molecular weight is 337 g/mol. The summed E-state index contributed by atoms with van der Waals surface area (Å²) < 4.78 is 13.5. The van der Waals surface area contributed by atoms with Crippen LogP contribution in [0.4, 0.5) is 16.0 Å². The summed E-state index contributed by atoms with van der Waals surface area (Å²) in [5.74, 6) is -0.409. The minimum atomic E-state index is -0.546. The maximum Gasteiger partial charge on any atom is 0.250 e. The van der Waals surface area contributed by atoms with Gasteiger partial charge in [-0.25, -0.2) is 14.4 Å². The molecule has 0 radical (unpaired) electrons. The van der Waals surface area contributed by atoms with Gasteiger partial charge in [0.15, 0.2) is 0 Å². The number of carbonyl (C=O) groups excluding carboxylic acids is 1. The summed E-state index contributed by atoms with van der Waals surface area (Å²) in [5.41, 5.74) is 7.66. The van der Waals surface area contributed by atoms with Gasteiger partial charge in [0.2, 0.25) is 11.9 Å². The van der Waals surface area contributed by atoms with Crippen molar-refractivity contribution < 1.29 is 9.18 Å². The maximum absolute atomic E-state index is 13.5. The average Bonchev–Trinajstić information content (AvgIpc) is 2.63. The molecular formula is C18H16FN5O. The Hall–Kier alpha value is -3.35. The van der Waals surface area contributed by atoms with Gasteiger partial charge in [-0.1, -0.05) is 6.07 Å². The van der Waals surface area contributed by atoms with E-state index in [1.807, 2.05) is 6.92 Å². The third kappa shape index (κ3) is 3.60. The van der Waals surface area contributed by atoms with Crippen LogP contribution in [0.2, 0.25) is 0 Å². The quantitative estimate of drug-likeness (QED) is 0.774. The van der Waals surface area contributed by atoms with E-state index in [1.54, 1.807) is 41.7 Å². The summed E-state index contributed by atoms with van der Waals surface area (Å²) in [4.78, 5) is 25.8. The van der Waals surface area contributed by atoms with Gasteiger partial charge in [0.1, 0.15) is 5.82 Å². The fourth-order valence-corrected chi connectivity index (χ4v) is 2.43. The van der Waals surface area contributed by atoms with Crippen LogP contribution in [-0.4, -0.2) is 27.4 Å². The van der Waals surface area contributed by atoms with Gasteiger partial charge >= 0.3 is 0 Å². The molecule has 0 bridgehead atoms. The minimum Gasteiger partial charge on any atom is -0.366 e. The lowest BCUT2D eigenvalue weighted by atomic mass is 10.1. The normalized spacial score (nSPS) is 10.5. The third-order valence-corrected chi connectivity index (χ3v) is 3.67. The lowest BCUT2D eigenvalue weighted by Gasteiger charge is -2.20. The van der Waals surface area contributed by atoms with Crippen LogP contribution in [0.1, 0.15) is 17.3 Å². The minimum absolute atomic E-state index is 0.316. The summed E-state index contributed by atoms with van der Waals surface area (Å²) in [5, 5.41) is 0. The number of benzene rings is 1. The maximum atomic E-state index is 13.5. The SMILES string of the molecule is CCN(c1cccc(F)c1)c1ncc(-c2cncc(C(N)=O)c2)cn1. The van der Waals surface area contributed by atoms with Crippen LogP contribution in [0.5, 0.6) is 0 Å². The van der Waals surface area contributed by atoms with Crippen molar-refractivity contribution in [3.63, 3.8) is 0 Å². The van der Waals surface area contributed by atoms with Gasteiger partial charge < -0.3 is 10.6 Å². The lowest BCUT2D eigenvalue weighted by Crippen LogP contribution is -2.18. The van der Waals surface area contributed by atoms with Crippen molar-refractivity contribution >= 4 is 17.5 Å². The molecule has 2 heterocycles. The molecule has 0 fully saturated rings. The van der Waals surface area contributed by atoms with Crippen LogP contribution in [-0.2, 0) is 0 Å². The molecule has 7 heteroatoms. The van der Waals surface area contributed by atoms with Gasteiger partial charge in [-0.3, -0.25) is 9.78 Å². The second-order valence-electron chi connectivity index (χ2n) is 5.32. The monoisotopic (exact) mass is 337 g/mol. The Morgan fingerprint density at radius 3 is 2.52 bits per heavy atom. The van der Waals surface area contributed by atoms with Gasteiger partial charge in [-0.15, -0.1) is 0 Å². The van der Waals surface area contributed by atoms with Crippen molar-refractivity contribution in [1.82, 2.24) is 15.0 Å². The number of nitrogens with zero attached hydrogens (tertiary/aromatic N) is 4. The van der Waals surface area contributed by atoms with Gasteiger partial charge in [0.25, 0.3) is 0 Å². The number of amides is 1. The predicted molar refractivity (Wildman–Crippen MR) is 92.9 cm³/mol. The highest BCUT2D eigenvalue weighted by Gasteiger charge is 2.12. The fourth-order valence-electron chi connectivity index (χ4n) is 2.43. The molecule has 0 unspecified atom stereocenters. The molecule has 0 saturated carbocycles. The number of hydrogen-bond acceptors (Lipinski definition) is 5. The number of rotatable bonds is 5. The van der Waals surface area contributed by atoms with Crippen LogP contribution in [0, 0.1) is 5.82 Å². The summed E-state index contributed by atoms with van der Waals surface area (Å²) >= 11 is 0. The fraction of sp³-hybridized carbons (Fsp3) is 0.111. The first kappa shape index (κ1) is 16.5. The topological polar surface area (TPSA) is 85.0 Å². The lowest BCUT2D eigenvalue weighted by molar-refractivity contribution is 0.1000. The summed E-state index contributed by atoms with van der Waals surface area (Å²) in [6, 6.07) is 7.89. The zero-order valence-electron chi connectivity index (χ0n) is 13.6. The van der Waals surface area contributed by atoms with Crippen LogP contribution in [0.3, 0.4) is 0 Å². The molecule has 0 aliphatic rings. The number of anilines is 2. The molecule has 1 amide bonds. The van der Waals surface area contributed by atoms with Crippen molar-refractivity contribution in [2.24, 2.45) is 5.73 Å². The summed E-state index contributed by atoms with van der Waals surface area (Å²) in [6.45, 7) is 2.52. The number of halogens is 1. The van der Waals surface area contributed by atoms with Crippen LogP contribution < -0.4 is 10.6 Å². The largest absolute Gasteiger partial charge is 0.366 e. The second kappa shape index (κ2) is 7.04. The molecule has 0 saturated heterocycles. The third-order valence-electron chi connectivity index (χ3n) is 3.67. The predicted octanol–water partition coefficient (Wildman–Crippen LogP) is 2.93. The van der Waals surface area contributed by atoms with Crippen LogP contribution >= 0.6 is 0 Å². The van der Waals surface area contributed by atoms with Crippen molar-refractivity contribution in [3.8, 4) is 11.1 Å². The van der Waals surface area contributed by atoms with E-state index in [2.05, 4.69) is 15.0 Å². The molecule has 0 atom stereocenters. The highest BCUT2D eigenvalue weighted by molar-refractivity contribution is 5.93. The van der Waals surface area contributed by atoms with Crippen molar-refractivity contribution in [2.45, 2.75) is 6.92 Å². The molecule has 0 aliphatic heterocycles. The Kier molecular flexibility index (Phi) is 4.65. The van der Waals surface area contributed by atoms with Gasteiger partial charge in [-0.05, 0) is 31.2 Å². The summed E-state index contributed by atoms with van der Waals surface area (Å²) in [7, 11) is 0. The Balaban J connectivity index is 1.91. The van der Waals surface area contributed by atoms with Crippen molar-refractivity contribution in [3.05, 3.63) is 66.5 Å². The molecule has 0 aliphatic carbocycles. The van der Waals surface area contributed by atoms with Gasteiger partial charge in [0, 0.05) is 48.1 Å². The Morgan fingerprint density at radius 1 is 1.12 bits per heavy atom. The zero-order valence-corrected chi connectivity index (χ0v) is 13.6. The van der Waals surface area contributed by atoms with E-state index in [-0.39, 0.29) is 5.82 Å². The number of nitrogens with two attached hydrogens (primary N) is 1. The molecule has 126 valence electrons. The van der Waals surface area contributed by atoms with Crippen molar-refractivity contribution in [2.75, 3.05) is 11.4 Å². The highest BCUT2D eigenvalue weighted by atomic mass is 19.1. The number of primary amides is 1. The Morgan fingerprint density at radius 2 is 1.88 bits per heavy atom. The number of carbonyl (C=O) groups is 1. The number of hydrogen-bond donors (Lipinski definition) is 1. The van der Waals surface area contributed by atoms with E-state index in [0.29, 0.717) is 34.9 Å². The van der Waals surface area contributed by atoms with E-state index in [4.69, 9.17) is 5.73 Å². The molecule has 25 heavy (non-hydrogen) atoms. The van der Waals surface area contributed by atoms with E-state index in [9.17, 15) is 9.18 Å². The second-order valence-corrected chi connectivity index (χ2v) is 5.32. The molecular weight excluding hydrogens is 321 g/mol. The van der Waals surface area contributed by atoms with Crippen LogP contribution in [0.25, 0.3) is 11.1 Å². The van der Waals surface area contributed by atoms with Crippen molar-refractivity contribution in [1.29, 1.82) is 0 Å². The van der Waals surface area contributed by atoms with E-state index in [1.165, 1.54) is 18.3 Å². The highest BCUT2D eigenvalue weighted by Crippen LogP contribution is 2.24. The summed E-state index contributed by atoms with van der Waals surface area (Å²) in [6.07, 6.45) is 6.27. The molecule has 1 aromatic carbocycles. The number of pyridine rings is 1. The van der Waals surface area contributed by atoms with E-state index < -0.39 is 5.91 Å². The molecule has 3 rings (SSSR count). The zero-order chi connectivity index (χ0) is 17.8. The molecule has 2 aromatic heterocycles. The van der Waals surface area contributed by atoms with E-state index in [0.717, 1.165) is 0 Å². The Bertz CT molecular complexity index is 898. The molecule has 6 nitrogen and oxygen atoms in total. The smallest absolute Gasteiger partial charge is 0.250 e. The van der Waals surface area contributed by atoms with Gasteiger partial charge in [0.05, 0.1) is 5.56 Å². The first-order chi connectivity index (χ1) is 12.1. The van der Waals surface area contributed by atoms with Crippen LogP contribution in [0.15, 0.2) is 55.1 Å². The first-order valence-electron chi connectivity index (χ1n) is 7.69. The number of aromatic nitrogens is 3. The molecule has 2 N–H and O–H groups in total. The molecule has 0 spiro atoms.